The van der Waals surface area contributed by atoms with Crippen molar-refractivity contribution in [2.45, 2.75) is 32.2 Å². The third-order valence-electron chi connectivity index (χ3n) is 3.17. The van der Waals surface area contributed by atoms with Gasteiger partial charge in [-0.15, -0.1) is 0 Å². The highest BCUT2D eigenvalue weighted by Gasteiger charge is 2.10. The monoisotopic (exact) mass is 282 g/mol. The zero-order chi connectivity index (χ0) is 11.4. The average molecular weight is 283 g/mol. The minimum Gasteiger partial charge on any atom is -0.399 e. The van der Waals surface area contributed by atoms with Gasteiger partial charge < -0.3 is 5.73 Å². The third kappa shape index (κ3) is 3.22. The number of benzene rings is 1. The fourth-order valence-corrected chi connectivity index (χ4v) is 2.75. The summed E-state index contributed by atoms with van der Waals surface area (Å²) in [5, 5.41) is 0. The Hall–Kier alpha value is -0.540. The van der Waals surface area contributed by atoms with Crippen LogP contribution in [0.15, 0.2) is 22.7 Å². The molecule has 0 spiro atoms. The van der Waals surface area contributed by atoms with Gasteiger partial charge in [-0.05, 0) is 43.6 Å². The molecule has 1 aromatic rings. The molecule has 2 rings (SSSR count). The summed E-state index contributed by atoms with van der Waals surface area (Å²) in [6.45, 7) is 3.51. The number of likely N-dealkylation sites (tertiary alicyclic amines) is 1. The van der Waals surface area contributed by atoms with Gasteiger partial charge in [0.2, 0.25) is 0 Å². The van der Waals surface area contributed by atoms with E-state index in [2.05, 4.69) is 26.9 Å². The summed E-state index contributed by atoms with van der Waals surface area (Å²) in [6, 6.07) is 6.11. The van der Waals surface area contributed by atoms with E-state index in [1.165, 1.54) is 44.3 Å². The number of nitrogen functional groups attached to an aromatic ring is 1. The van der Waals surface area contributed by atoms with Crippen LogP contribution in [0.1, 0.15) is 31.2 Å². The fraction of sp³-hybridized carbons (Fsp3) is 0.538. The highest BCUT2D eigenvalue weighted by atomic mass is 79.9. The Bertz CT molecular complexity index is 344. The number of halogens is 1. The molecule has 0 saturated carbocycles. The number of nitrogens with zero attached hydrogens (tertiary/aromatic N) is 1. The summed E-state index contributed by atoms with van der Waals surface area (Å²) in [5.41, 5.74) is 7.91. The Morgan fingerprint density at radius 2 is 1.81 bits per heavy atom. The van der Waals surface area contributed by atoms with E-state index in [4.69, 9.17) is 5.73 Å². The van der Waals surface area contributed by atoms with Crippen molar-refractivity contribution in [3.8, 4) is 0 Å². The first-order chi connectivity index (χ1) is 7.75. The molecule has 0 atom stereocenters. The van der Waals surface area contributed by atoms with Crippen molar-refractivity contribution in [2.75, 3.05) is 18.8 Å². The number of rotatable bonds is 2. The van der Waals surface area contributed by atoms with E-state index in [1.807, 2.05) is 12.1 Å². The second kappa shape index (κ2) is 5.69. The first-order valence-corrected chi connectivity index (χ1v) is 6.81. The van der Waals surface area contributed by atoms with E-state index in [1.54, 1.807) is 0 Å². The Morgan fingerprint density at radius 3 is 2.44 bits per heavy atom. The number of hydrogen-bond donors (Lipinski definition) is 1. The van der Waals surface area contributed by atoms with Crippen molar-refractivity contribution >= 4 is 21.6 Å². The van der Waals surface area contributed by atoms with Crippen LogP contribution in [0, 0.1) is 0 Å². The average Bonchev–Trinajstić information content (AvgIpc) is 2.51. The number of anilines is 1. The summed E-state index contributed by atoms with van der Waals surface area (Å²) < 4.78 is 1.14. The molecule has 1 saturated heterocycles. The molecular formula is C13H19BrN2. The molecule has 1 aromatic carbocycles. The van der Waals surface area contributed by atoms with Crippen molar-refractivity contribution in [1.29, 1.82) is 0 Å². The van der Waals surface area contributed by atoms with Crippen molar-refractivity contribution in [1.82, 2.24) is 4.90 Å². The molecule has 88 valence electrons. The SMILES string of the molecule is Nc1ccc(CN2CCCCCC2)c(Br)c1. The van der Waals surface area contributed by atoms with Crippen LogP contribution in [-0.4, -0.2) is 18.0 Å². The van der Waals surface area contributed by atoms with Gasteiger partial charge in [0.15, 0.2) is 0 Å². The molecule has 1 heterocycles. The molecule has 2 N–H and O–H groups in total. The van der Waals surface area contributed by atoms with Gasteiger partial charge in [-0.2, -0.15) is 0 Å². The molecule has 0 radical (unpaired) electrons. The van der Waals surface area contributed by atoms with Crippen LogP contribution in [0.4, 0.5) is 5.69 Å². The van der Waals surface area contributed by atoms with Crippen molar-refractivity contribution in [2.24, 2.45) is 0 Å². The van der Waals surface area contributed by atoms with E-state index in [0.717, 1.165) is 16.7 Å². The lowest BCUT2D eigenvalue weighted by molar-refractivity contribution is 0.276. The predicted octanol–water partition coefficient (Wildman–Crippen LogP) is 3.41. The molecule has 2 nitrogen and oxygen atoms in total. The molecule has 1 fully saturated rings. The smallest absolute Gasteiger partial charge is 0.0325 e. The van der Waals surface area contributed by atoms with Crippen LogP contribution in [0.2, 0.25) is 0 Å². The van der Waals surface area contributed by atoms with Crippen LogP contribution in [-0.2, 0) is 6.54 Å². The van der Waals surface area contributed by atoms with Gasteiger partial charge in [0.05, 0.1) is 0 Å². The van der Waals surface area contributed by atoms with Crippen molar-refractivity contribution in [3.05, 3.63) is 28.2 Å². The topological polar surface area (TPSA) is 29.3 Å². The van der Waals surface area contributed by atoms with E-state index < -0.39 is 0 Å². The second-order valence-electron chi connectivity index (χ2n) is 4.54. The van der Waals surface area contributed by atoms with E-state index in [-0.39, 0.29) is 0 Å². The van der Waals surface area contributed by atoms with Crippen LogP contribution < -0.4 is 5.73 Å². The molecular weight excluding hydrogens is 264 g/mol. The van der Waals surface area contributed by atoms with Gasteiger partial charge in [-0.1, -0.05) is 34.8 Å². The predicted molar refractivity (Wildman–Crippen MR) is 72.3 cm³/mol. The summed E-state index contributed by atoms with van der Waals surface area (Å²) in [6.07, 6.45) is 5.46. The van der Waals surface area contributed by atoms with E-state index in [9.17, 15) is 0 Å². The largest absolute Gasteiger partial charge is 0.399 e. The maximum Gasteiger partial charge on any atom is 0.0325 e. The minimum absolute atomic E-state index is 0.825. The van der Waals surface area contributed by atoms with Crippen LogP contribution in [0.25, 0.3) is 0 Å². The Labute approximate surface area is 106 Å². The van der Waals surface area contributed by atoms with Gasteiger partial charge in [0, 0.05) is 16.7 Å². The van der Waals surface area contributed by atoms with E-state index in [0.29, 0.717) is 0 Å². The fourth-order valence-electron chi connectivity index (χ4n) is 2.23. The molecule has 1 aliphatic heterocycles. The normalized spacial score (nSPS) is 18.3. The van der Waals surface area contributed by atoms with Gasteiger partial charge in [0.1, 0.15) is 0 Å². The van der Waals surface area contributed by atoms with Crippen LogP contribution >= 0.6 is 15.9 Å². The first kappa shape index (κ1) is 11.9. The standard InChI is InChI=1S/C13H19BrN2/c14-13-9-12(15)6-5-11(13)10-16-7-3-1-2-4-8-16/h5-6,9H,1-4,7-8,10,15H2. The molecule has 0 amide bonds. The van der Waals surface area contributed by atoms with Gasteiger partial charge in [0.25, 0.3) is 0 Å². The maximum absolute atomic E-state index is 5.74. The molecule has 16 heavy (non-hydrogen) atoms. The molecule has 1 aliphatic rings. The summed E-state index contributed by atoms with van der Waals surface area (Å²) in [4.78, 5) is 2.54. The quantitative estimate of drug-likeness (QED) is 0.843. The molecule has 3 heteroatoms. The van der Waals surface area contributed by atoms with Crippen LogP contribution in [0.3, 0.4) is 0 Å². The van der Waals surface area contributed by atoms with Crippen molar-refractivity contribution < 1.29 is 0 Å². The highest BCUT2D eigenvalue weighted by Crippen LogP contribution is 2.22. The minimum atomic E-state index is 0.825. The van der Waals surface area contributed by atoms with Crippen molar-refractivity contribution in [3.63, 3.8) is 0 Å². The molecule has 0 aliphatic carbocycles. The Kier molecular flexibility index (Phi) is 4.24. The lowest BCUT2D eigenvalue weighted by Gasteiger charge is -2.20. The second-order valence-corrected chi connectivity index (χ2v) is 5.40. The summed E-state index contributed by atoms with van der Waals surface area (Å²) in [7, 11) is 0. The van der Waals surface area contributed by atoms with Gasteiger partial charge in [-0.3, -0.25) is 4.90 Å². The lowest BCUT2D eigenvalue weighted by Crippen LogP contribution is -2.24. The van der Waals surface area contributed by atoms with Gasteiger partial charge in [-0.25, -0.2) is 0 Å². The molecule has 0 aromatic heterocycles. The Morgan fingerprint density at radius 1 is 1.12 bits per heavy atom. The lowest BCUT2D eigenvalue weighted by atomic mass is 10.2. The number of hydrogen-bond acceptors (Lipinski definition) is 2. The third-order valence-corrected chi connectivity index (χ3v) is 3.91. The Balaban J connectivity index is 2.01. The maximum atomic E-state index is 5.74. The van der Waals surface area contributed by atoms with Crippen LogP contribution in [0.5, 0.6) is 0 Å². The van der Waals surface area contributed by atoms with E-state index >= 15 is 0 Å². The highest BCUT2D eigenvalue weighted by molar-refractivity contribution is 9.10. The first-order valence-electron chi connectivity index (χ1n) is 6.02. The van der Waals surface area contributed by atoms with Gasteiger partial charge >= 0.3 is 0 Å². The zero-order valence-corrected chi connectivity index (χ0v) is 11.2. The summed E-state index contributed by atoms with van der Waals surface area (Å²) in [5.74, 6) is 0. The molecule has 0 bridgehead atoms. The summed E-state index contributed by atoms with van der Waals surface area (Å²) >= 11 is 3.59. The zero-order valence-electron chi connectivity index (χ0n) is 9.58. The molecule has 0 unspecified atom stereocenters. The number of nitrogens with two attached hydrogens (primary N) is 1.